The SMILES string of the molecule is COc1cccc2c(C)cc(-n3nc(C)cc3NC(=O)CCc3ccc(Cl)cc3)nc12. The van der Waals surface area contributed by atoms with Crippen molar-refractivity contribution in [2.24, 2.45) is 0 Å². The molecule has 1 N–H and O–H groups in total. The number of pyridine rings is 1. The van der Waals surface area contributed by atoms with Crippen LogP contribution in [0.3, 0.4) is 0 Å². The Morgan fingerprint density at radius 3 is 2.65 bits per heavy atom. The minimum Gasteiger partial charge on any atom is -0.494 e. The van der Waals surface area contributed by atoms with Gasteiger partial charge in [-0.05, 0) is 55.7 Å². The Kier molecular flexibility index (Phi) is 5.91. The summed E-state index contributed by atoms with van der Waals surface area (Å²) in [4.78, 5) is 17.4. The molecule has 4 rings (SSSR count). The summed E-state index contributed by atoms with van der Waals surface area (Å²) in [5, 5.41) is 9.22. The average molecular weight is 435 g/mol. The molecule has 0 bridgehead atoms. The van der Waals surface area contributed by atoms with Crippen molar-refractivity contribution in [1.82, 2.24) is 14.8 Å². The Morgan fingerprint density at radius 1 is 1.13 bits per heavy atom. The lowest BCUT2D eigenvalue weighted by atomic mass is 10.1. The van der Waals surface area contributed by atoms with Gasteiger partial charge in [0.1, 0.15) is 17.1 Å². The van der Waals surface area contributed by atoms with Crippen LogP contribution in [0.1, 0.15) is 23.2 Å². The van der Waals surface area contributed by atoms with Crippen molar-refractivity contribution in [3.8, 4) is 11.6 Å². The van der Waals surface area contributed by atoms with Crippen LogP contribution in [0.4, 0.5) is 5.82 Å². The number of ether oxygens (including phenoxy) is 1. The summed E-state index contributed by atoms with van der Waals surface area (Å²) in [6.07, 6.45) is 0.977. The van der Waals surface area contributed by atoms with E-state index in [-0.39, 0.29) is 5.91 Å². The fourth-order valence-electron chi connectivity index (χ4n) is 3.52. The van der Waals surface area contributed by atoms with E-state index < -0.39 is 0 Å². The predicted molar refractivity (Wildman–Crippen MR) is 123 cm³/mol. The van der Waals surface area contributed by atoms with Crippen LogP contribution in [0, 0.1) is 13.8 Å². The average Bonchev–Trinajstić information content (AvgIpc) is 3.12. The zero-order valence-electron chi connectivity index (χ0n) is 17.6. The molecule has 6 nitrogen and oxygen atoms in total. The van der Waals surface area contributed by atoms with Gasteiger partial charge in [0.2, 0.25) is 5.91 Å². The molecule has 0 aliphatic carbocycles. The highest BCUT2D eigenvalue weighted by molar-refractivity contribution is 6.30. The van der Waals surface area contributed by atoms with Crippen LogP contribution in [-0.2, 0) is 11.2 Å². The maximum atomic E-state index is 12.6. The minimum atomic E-state index is -0.0915. The molecular formula is C24H23ClN4O2. The molecule has 7 heteroatoms. The molecular weight excluding hydrogens is 412 g/mol. The van der Waals surface area contributed by atoms with Crippen molar-refractivity contribution in [2.45, 2.75) is 26.7 Å². The van der Waals surface area contributed by atoms with Gasteiger partial charge in [0.05, 0.1) is 12.8 Å². The van der Waals surface area contributed by atoms with Gasteiger partial charge in [-0.3, -0.25) is 4.79 Å². The van der Waals surface area contributed by atoms with E-state index in [1.165, 1.54) is 0 Å². The first-order valence-electron chi connectivity index (χ1n) is 10.0. The van der Waals surface area contributed by atoms with Crippen molar-refractivity contribution in [1.29, 1.82) is 0 Å². The molecule has 0 saturated heterocycles. The van der Waals surface area contributed by atoms with Crippen LogP contribution in [0.5, 0.6) is 5.75 Å². The van der Waals surface area contributed by atoms with Crippen LogP contribution in [0.2, 0.25) is 5.02 Å². The number of benzene rings is 2. The van der Waals surface area contributed by atoms with Crippen LogP contribution < -0.4 is 10.1 Å². The number of hydrogen-bond donors (Lipinski definition) is 1. The van der Waals surface area contributed by atoms with Crippen LogP contribution in [0.15, 0.2) is 54.6 Å². The highest BCUT2D eigenvalue weighted by atomic mass is 35.5. The number of para-hydroxylation sites is 1. The number of methoxy groups -OCH3 is 1. The predicted octanol–water partition coefficient (Wildman–Crippen LogP) is 5.27. The third-order valence-corrected chi connectivity index (χ3v) is 5.34. The van der Waals surface area contributed by atoms with Crippen molar-refractivity contribution in [2.75, 3.05) is 12.4 Å². The van der Waals surface area contributed by atoms with Gasteiger partial charge in [-0.1, -0.05) is 35.9 Å². The number of nitrogens with zero attached hydrogens (tertiary/aromatic N) is 3. The van der Waals surface area contributed by atoms with E-state index in [2.05, 4.69) is 10.4 Å². The van der Waals surface area contributed by atoms with Gasteiger partial charge in [0, 0.05) is 22.9 Å². The lowest BCUT2D eigenvalue weighted by Gasteiger charge is -2.12. The van der Waals surface area contributed by atoms with E-state index in [0.717, 1.165) is 27.7 Å². The summed E-state index contributed by atoms with van der Waals surface area (Å²) in [5.74, 6) is 1.81. The first-order chi connectivity index (χ1) is 14.9. The number of nitrogens with one attached hydrogen (secondary N) is 1. The fourth-order valence-corrected chi connectivity index (χ4v) is 3.65. The van der Waals surface area contributed by atoms with E-state index >= 15 is 0 Å². The number of rotatable bonds is 6. The Morgan fingerprint density at radius 2 is 1.90 bits per heavy atom. The molecule has 2 aromatic heterocycles. The van der Waals surface area contributed by atoms with Gasteiger partial charge in [-0.25, -0.2) is 4.98 Å². The molecule has 4 aromatic rings. The van der Waals surface area contributed by atoms with E-state index in [1.54, 1.807) is 11.8 Å². The molecule has 31 heavy (non-hydrogen) atoms. The molecule has 1 amide bonds. The zero-order chi connectivity index (χ0) is 22.0. The smallest absolute Gasteiger partial charge is 0.225 e. The topological polar surface area (TPSA) is 69.0 Å². The number of halogens is 1. The number of amides is 1. The van der Waals surface area contributed by atoms with E-state index in [4.69, 9.17) is 21.3 Å². The summed E-state index contributed by atoms with van der Waals surface area (Å²) >= 11 is 5.92. The largest absolute Gasteiger partial charge is 0.494 e. The molecule has 2 heterocycles. The molecule has 0 unspecified atom stereocenters. The van der Waals surface area contributed by atoms with Gasteiger partial charge in [0.15, 0.2) is 5.82 Å². The Balaban J connectivity index is 1.60. The molecule has 0 aliphatic rings. The monoisotopic (exact) mass is 434 g/mol. The summed E-state index contributed by atoms with van der Waals surface area (Å²) in [7, 11) is 1.63. The maximum Gasteiger partial charge on any atom is 0.225 e. The van der Waals surface area contributed by atoms with Crippen molar-refractivity contribution in [3.63, 3.8) is 0 Å². The van der Waals surface area contributed by atoms with E-state index in [1.807, 2.05) is 68.4 Å². The first kappa shape index (κ1) is 20.9. The van der Waals surface area contributed by atoms with Crippen molar-refractivity contribution in [3.05, 3.63) is 76.4 Å². The Bertz CT molecular complexity index is 1250. The van der Waals surface area contributed by atoms with Gasteiger partial charge < -0.3 is 10.1 Å². The number of hydrogen-bond acceptors (Lipinski definition) is 4. The molecule has 158 valence electrons. The van der Waals surface area contributed by atoms with Gasteiger partial charge in [0.25, 0.3) is 0 Å². The highest BCUT2D eigenvalue weighted by Gasteiger charge is 2.15. The molecule has 0 fully saturated rings. The van der Waals surface area contributed by atoms with Crippen molar-refractivity contribution < 1.29 is 9.53 Å². The molecule has 0 spiro atoms. The molecule has 2 aromatic carbocycles. The summed E-state index contributed by atoms with van der Waals surface area (Å²) in [5.41, 5.74) is 3.65. The number of anilines is 1. The molecule has 0 saturated carbocycles. The van der Waals surface area contributed by atoms with Crippen LogP contribution in [0.25, 0.3) is 16.7 Å². The molecule has 0 aliphatic heterocycles. The standard InChI is InChI=1S/C24H23ClN4O2/c1-15-13-21(27-24-19(15)5-4-6-20(24)31-3)29-22(14-16(2)28-29)26-23(30)12-9-17-7-10-18(25)11-8-17/h4-8,10-11,13-14H,9,12H2,1-3H3,(H,26,30). The summed E-state index contributed by atoms with van der Waals surface area (Å²) in [6, 6.07) is 17.1. The molecule has 0 atom stereocenters. The van der Waals surface area contributed by atoms with Gasteiger partial charge >= 0.3 is 0 Å². The Labute approximate surface area is 185 Å². The first-order valence-corrected chi connectivity index (χ1v) is 10.4. The van der Waals surface area contributed by atoms with E-state index in [0.29, 0.717) is 35.2 Å². The van der Waals surface area contributed by atoms with Gasteiger partial charge in [-0.2, -0.15) is 9.78 Å². The second kappa shape index (κ2) is 8.78. The minimum absolute atomic E-state index is 0.0915. The van der Waals surface area contributed by atoms with Crippen molar-refractivity contribution >= 4 is 34.2 Å². The summed E-state index contributed by atoms with van der Waals surface area (Å²) < 4.78 is 7.15. The normalized spacial score (nSPS) is 11.0. The second-order valence-corrected chi connectivity index (χ2v) is 7.85. The summed E-state index contributed by atoms with van der Waals surface area (Å²) in [6.45, 7) is 3.90. The zero-order valence-corrected chi connectivity index (χ0v) is 18.4. The Hall–Kier alpha value is -3.38. The van der Waals surface area contributed by atoms with Crippen LogP contribution in [-0.4, -0.2) is 27.8 Å². The van der Waals surface area contributed by atoms with Gasteiger partial charge in [-0.15, -0.1) is 0 Å². The third kappa shape index (κ3) is 4.54. The lowest BCUT2D eigenvalue weighted by molar-refractivity contribution is -0.116. The number of aryl methyl sites for hydroxylation is 3. The van der Waals surface area contributed by atoms with Crippen LogP contribution >= 0.6 is 11.6 Å². The second-order valence-electron chi connectivity index (χ2n) is 7.41. The lowest BCUT2D eigenvalue weighted by Crippen LogP contribution is -2.16. The fraction of sp³-hybridized carbons (Fsp3) is 0.208. The third-order valence-electron chi connectivity index (χ3n) is 5.09. The quantitative estimate of drug-likeness (QED) is 0.448. The maximum absolute atomic E-state index is 12.6. The number of aromatic nitrogens is 3. The number of fused-ring (bicyclic) bond motifs is 1. The number of carbonyl (C=O) groups is 1. The number of carbonyl (C=O) groups excluding carboxylic acids is 1. The molecule has 0 radical (unpaired) electrons. The van der Waals surface area contributed by atoms with E-state index in [9.17, 15) is 4.79 Å². The highest BCUT2D eigenvalue weighted by Crippen LogP contribution is 2.28.